The molecule has 0 aliphatic carbocycles. The summed E-state index contributed by atoms with van der Waals surface area (Å²) in [6, 6.07) is 2.71. The molecule has 0 spiro atoms. The maximum atomic E-state index is 5.92. The van der Waals surface area contributed by atoms with Crippen LogP contribution in [0.2, 0.25) is 0 Å². The number of ether oxygens (including phenoxy) is 1. The van der Waals surface area contributed by atoms with E-state index < -0.39 is 0 Å². The summed E-state index contributed by atoms with van der Waals surface area (Å²) in [4.78, 5) is 5.23. The monoisotopic (exact) mass is 254 g/mol. The average Bonchev–Trinajstić information content (AvgIpc) is 2.58. The van der Waals surface area contributed by atoms with Crippen LogP contribution in [0.5, 0.6) is 0 Å². The van der Waals surface area contributed by atoms with Gasteiger partial charge in [-0.1, -0.05) is 0 Å². The highest BCUT2D eigenvalue weighted by atomic mass is 32.1. The second-order valence-electron chi connectivity index (χ2n) is 4.76. The molecule has 0 saturated carbocycles. The van der Waals surface area contributed by atoms with E-state index in [1.54, 1.807) is 0 Å². The first-order valence-electron chi connectivity index (χ1n) is 6.17. The molecule has 1 saturated heterocycles. The Hall–Kier alpha value is -0.420. The number of morpholine rings is 1. The van der Waals surface area contributed by atoms with E-state index in [2.05, 4.69) is 37.2 Å². The molecule has 1 aliphatic heterocycles. The van der Waals surface area contributed by atoms with Gasteiger partial charge >= 0.3 is 0 Å². The van der Waals surface area contributed by atoms with Crippen LogP contribution in [0.25, 0.3) is 0 Å². The number of hydrogen-bond donors (Lipinski definition) is 1. The highest BCUT2D eigenvalue weighted by molar-refractivity contribution is 7.12. The van der Waals surface area contributed by atoms with E-state index in [9.17, 15) is 0 Å². The lowest BCUT2D eigenvalue weighted by Crippen LogP contribution is -2.47. The third kappa shape index (κ3) is 2.71. The van der Waals surface area contributed by atoms with Crippen molar-refractivity contribution in [1.29, 1.82) is 0 Å². The number of hydrogen-bond acceptors (Lipinski definition) is 4. The summed E-state index contributed by atoms with van der Waals surface area (Å²) in [5.41, 5.74) is 1.44. The van der Waals surface area contributed by atoms with Crippen LogP contribution in [0.4, 0.5) is 0 Å². The molecule has 4 heteroatoms. The fraction of sp³-hybridized carbons (Fsp3) is 0.692. The Bertz CT molecular complexity index is 375. The molecule has 0 aromatic carbocycles. The van der Waals surface area contributed by atoms with Gasteiger partial charge in [0.2, 0.25) is 0 Å². The Labute approximate surface area is 108 Å². The first kappa shape index (κ1) is 13.0. The maximum Gasteiger partial charge on any atom is 0.0896 e. The summed E-state index contributed by atoms with van der Waals surface area (Å²) in [7, 11) is 4.18. The molecule has 2 atom stereocenters. The van der Waals surface area contributed by atoms with Crippen molar-refractivity contribution in [3.8, 4) is 0 Å². The molecule has 1 N–H and O–H groups in total. The van der Waals surface area contributed by atoms with Gasteiger partial charge in [-0.25, -0.2) is 0 Å². The van der Waals surface area contributed by atoms with Crippen LogP contribution < -0.4 is 5.32 Å². The number of likely N-dealkylation sites (N-methyl/N-ethyl adjacent to an activating group) is 2. The van der Waals surface area contributed by atoms with Gasteiger partial charge in [0, 0.05) is 22.8 Å². The summed E-state index contributed by atoms with van der Waals surface area (Å²) in [5, 5.41) is 3.24. The normalized spacial score (nSPS) is 26.4. The molecule has 0 bridgehead atoms. The predicted octanol–water partition coefficient (Wildman–Crippen LogP) is 1.96. The van der Waals surface area contributed by atoms with Gasteiger partial charge in [0.05, 0.1) is 18.8 Å². The molecule has 1 aliphatic rings. The molecule has 1 fully saturated rings. The molecule has 2 rings (SSSR count). The van der Waals surface area contributed by atoms with Crippen LogP contribution in [-0.4, -0.2) is 44.8 Å². The van der Waals surface area contributed by atoms with Crippen LogP contribution in [0.15, 0.2) is 6.07 Å². The van der Waals surface area contributed by atoms with Crippen molar-refractivity contribution in [3.05, 3.63) is 21.4 Å². The van der Waals surface area contributed by atoms with Crippen LogP contribution in [0.1, 0.15) is 21.4 Å². The lowest BCUT2D eigenvalue weighted by atomic mass is 9.99. The Balaban J connectivity index is 2.27. The van der Waals surface area contributed by atoms with Gasteiger partial charge in [-0.05, 0) is 39.6 Å². The van der Waals surface area contributed by atoms with Crippen LogP contribution >= 0.6 is 11.3 Å². The quantitative estimate of drug-likeness (QED) is 0.892. The summed E-state index contributed by atoms with van der Waals surface area (Å²) in [6.07, 6.45) is 0.256. The highest BCUT2D eigenvalue weighted by Crippen LogP contribution is 2.34. The lowest BCUT2D eigenvalue weighted by Gasteiger charge is -2.39. The van der Waals surface area contributed by atoms with Gasteiger partial charge in [-0.15, -0.1) is 11.3 Å². The lowest BCUT2D eigenvalue weighted by molar-refractivity contribution is -0.0606. The molecule has 1 aromatic rings. The Morgan fingerprint density at radius 2 is 2.29 bits per heavy atom. The molecular formula is C13H22N2OS. The molecule has 96 valence electrons. The van der Waals surface area contributed by atoms with E-state index >= 15 is 0 Å². The minimum Gasteiger partial charge on any atom is -0.374 e. The molecule has 0 amide bonds. The molecule has 17 heavy (non-hydrogen) atoms. The van der Waals surface area contributed by atoms with Crippen LogP contribution in [-0.2, 0) is 4.74 Å². The Kier molecular flexibility index (Phi) is 4.20. The maximum absolute atomic E-state index is 5.92. The zero-order valence-corrected chi connectivity index (χ0v) is 11.9. The summed E-state index contributed by atoms with van der Waals surface area (Å²) in [6.45, 7) is 7.15. The molecule has 2 unspecified atom stereocenters. The van der Waals surface area contributed by atoms with E-state index in [0.29, 0.717) is 6.04 Å². The minimum atomic E-state index is 0.256. The van der Waals surface area contributed by atoms with E-state index in [4.69, 9.17) is 4.74 Å². The topological polar surface area (TPSA) is 24.5 Å². The van der Waals surface area contributed by atoms with E-state index in [-0.39, 0.29) is 6.10 Å². The van der Waals surface area contributed by atoms with Gasteiger partial charge in [-0.2, -0.15) is 0 Å². The molecule has 0 radical (unpaired) electrons. The molecule has 1 aromatic heterocycles. The summed E-state index contributed by atoms with van der Waals surface area (Å²) < 4.78 is 5.92. The number of aryl methyl sites for hydroxylation is 2. The van der Waals surface area contributed by atoms with E-state index in [1.165, 1.54) is 15.3 Å². The SMILES string of the molecule is CNCC1OCCN(C)C1c1cc(C)sc1C. The van der Waals surface area contributed by atoms with Crippen molar-refractivity contribution in [3.63, 3.8) is 0 Å². The first-order valence-corrected chi connectivity index (χ1v) is 6.98. The van der Waals surface area contributed by atoms with Crippen molar-refractivity contribution < 1.29 is 4.74 Å². The third-order valence-electron chi connectivity index (χ3n) is 3.41. The van der Waals surface area contributed by atoms with Crippen LogP contribution in [0.3, 0.4) is 0 Å². The highest BCUT2D eigenvalue weighted by Gasteiger charge is 2.32. The van der Waals surface area contributed by atoms with Crippen LogP contribution in [0, 0.1) is 13.8 Å². The first-order chi connectivity index (χ1) is 8.13. The third-order valence-corrected chi connectivity index (χ3v) is 4.39. The molecule has 2 heterocycles. The number of nitrogens with zero attached hydrogens (tertiary/aromatic N) is 1. The van der Waals surface area contributed by atoms with Gasteiger partial charge in [0.25, 0.3) is 0 Å². The smallest absolute Gasteiger partial charge is 0.0896 e. The minimum absolute atomic E-state index is 0.256. The van der Waals surface area contributed by atoms with Gasteiger partial charge in [-0.3, -0.25) is 4.90 Å². The second kappa shape index (κ2) is 5.48. The predicted molar refractivity (Wildman–Crippen MR) is 72.8 cm³/mol. The number of nitrogens with one attached hydrogen (secondary N) is 1. The average molecular weight is 254 g/mol. The fourth-order valence-electron chi connectivity index (χ4n) is 2.62. The summed E-state index contributed by atoms with van der Waals surface area (Å²) in [5.74, 6) is 0. The van der Waals surface area contributed by atoms with Gasteiger partial charge < -0.3 is 10.1 Å². The standard InChI is InChI=1S/C13H22N2OS/c1-9-7-11(10(2)17-9)13-12(8-14-3)16-6-5-15(13)4/h7,12-14H,5-6,8H2,1-4H3. The fourth-order valence-corrected chi connectivity index (χ4v) is 3.58. The Morgan fingerprint density at radius 3 is 2.88 bits per heavy atom. The zero-order valence-electron chi connectivity index (χ0n) is 11.1. The zero-order chi connectivity index (χ0) is 12.4. The van der Waals surface area contributed by atoms with E-state index in [1.807, 2.05) is 18.4 Å². The van der Waals surface area contributed by atoms with Gasteiger partial charge in [0.15, 0.2) is 0 Å². The van der Waals surface area contributed by atoms with Crippen molar-refractivity contribution in [2.24, 2.45) is 0 Å². The van der Waals surface area contributed by atoms with Crippen molar-refractivity contribution >= 4 is 11.3 Å². The van der Waals surface area contributed by atoms with Crippen molar-refractivity contribution in [2.45, 2.75) is 26.0 Å². The number of rotatable bonds is 3. The van der Waals surface area contributed by atoms with Crippen molar-refractivity contribution in [1.82, 2.24) is 10.2 Å². The molecule has 3 nitrogen and oxygen atoms in total. The Morgan fingerprint density at radius 1 is 1.53 bits per heavy atom. The molecular weight excluding hydrogens is 232 g/mol. The summed E-state index contributed by atoms with van der Waals surface area (Å²) >= 11 is 1.88. The van der Waals surface area contributed by atoms with Gasteiger partial charge in [0.1, 0.15) is 0 Å². The van der Waals surface area contributed by atoms with E-state index in [0.717, 1.165) is 19.7 Å². The second-order valence-corrected chi connectivity index (χ2v) is 6.22. The van der Waals surface area contributed by atoms with Crippen molar-refractivity contribution in [2.75, 3.05) is 33.8 Å². The largest absolute Gasteiger partial charge is 0.374 e. The number of thiophene rings is 1.